The summed E-state index contributed by atoms with van der Waals surface area (Å²) in [6.07, 6.45) is -22.6. The van der Waals surface area contributed by atoms with E-state index < -0.39 is 203 Å². The van der Waals surface area contributed by atoms with Crippen molar-refractivity contribution in [1.29, 1.82) is 0 Å². The Morgan fingerprint density at radius 2 is 1.12 bits per heavy atom. The maximum absolute atomic E-state index is 13.6. The third-order valence-corrected chi connectivity index (χ3v) is 17.6. The zero-order chi connectivity index (χ0) is 59.8. The maximum Gasteiger partial charge on any atom is 0.330 e. The molecule has 472 valence electrons. The molecule has 0 aromatic rings. The lowest BCUT2D eigenvalue weighted by molar-refractivity contribution is -0.385. The van der Waals surface area contributed by atoms with E-state index in [-0.39, 0.29) is 37.0 Å². The number of aliphatic hydroxyl groups excluding tert-OH is 11. The highest BCUT2D eigenvalue weighted by atomic mass is 16.8. The molecule has 4 aliphatic heterocycles. The Balaban J connectivity index is 1.05. The van der Waals surface area contributed by atoms with Gasteiger partial charge in [-0.1, -0.05) is 12.2 Å². The molecule has 0 aromatic carbocycles. The van der Waals surface area contributed by atoms with Gasteiger partial charge in [0, 0.05) is 45.1 Å². The van der Waals surface area contributed by atoms with E-state index in [1.165, 1.54) is 26.4 Å². The van der Waals surface area contributed by atoms with Crippen LogP contribution < -0.4 is 0 Å². The molecule has 83 heavy (non-hydrogen) atoms. The zero-order valence-corrected chi connectivity index (χ0v) is 46.4. The van der Waals surface area contributed by atoms with Crippen molar-refractivity contribution < 1.29 is 137 Å². The van der Waals surface area contributed by atoms with Crippen molar-refractivity contribution in [2.45, 2.75) is 237 Å². The first-order valence-electron chi connectivity index (χ1n) is 28.8. The summed E-state index contributed by atoms with van der Waals surface area (Å²) in [5, 5.41) is 130. The Labute approximate surface area is 479 Å². The molecule has 4 saturated carbocycles. The third-order valence-electron chi connectivity index (χ3n) is 17.6. The van der Waals surface area contributed by atoms with E-state index >= 15 is 0 Å². The molecule has 13 N–H and O–H groups in total. The Morgan fingerprint density at radius 3 is 1.77 bits per heavy atom. The lowest BCUT2D eigenvalue weighted by Gasteiger charge is -2.50. The number of carbonyl (C=O) groups is 4. The average molecular weight is 1190 g/mol. The number of fused-ring (bicyclic) bond motifs is 1. The Bertz CT molecular complexity index is 2140. The summed E-state index contributed by atoms with van der Waals surface area (Å²) in [5.74, 6) is -5.66. The predicted molar refractivity (Wildman–Crippen MR) is 275 cm³/mol. The molecule has 4 saturated heterocycles. The summed E-state index contributed by atoms with van der Waals surface area (Å²) in [4.78, 5) is 49.9. The van der Waals surface area contributed by atoms with Gasteiger partial charge in [0.15, 0.2) is 37.2 Å². The van der Waals surface area contributed by atoms with Gasteiger partial charge in [-0.15, -0.1) is 0 Å². The van der Waals surface area contributed by atoms with Crippen LogP contribution in [0.5, 0.6) is 0 Å². The van der Waals surface area contributed by atoms with E-state index in [9.17, 15) is 75.3 Å². The number of aliphatic carboxylic acids is 1. The molecule has 22 unspecified atom stereocenters. The molecule has 8 rings (SSSR count). The van der Waals surface area contributed by atoms with Gasteiger partial charge in [-0.25, -0.2) is 9.59 Å². The molecule has 0 amide bonds. The van der Waals surface area contributed by atoms with Crippen molar-refractivity contribution >= 4 is 23.9 Å². The number of carboxylic acids is 1. The summed E-state index contributed by atoms with van der Waals surface area (Å²) in [6.45, 7) is -1.90. The molecule has 28 nitrogen and oxygen atoms in total. The van der Waals surface area contributed by atoms with Crippen LogP contribution >= 0.6 is 0 Å². The second kappa shape index (κ2) is 30.0. The number of rotatable bonds is 20. The van der Waals surface area contributed by atoms with Crippen LogP contribution in [-0.4, -0.2) is 271 Å². The lowest BCUT2D eigenvalue weighted by Crippen LogP contribution is -2.65. The van der Waals surface area contributed by atoms with Crippen LogP contribution in [0.15, 0.2) is 24.3 Å². The number of aliphatic hydroxyl groups is 13. The van der Waals surface area contributed by atoms with Crippen LogP contribution in [0.25, 0.3) is 0 Å². The highest BCUT2D eigenvalue weighted by molar-refractivity contribution is 5.90. The minimum atomic E-state index is -1.96. The Kier molecular flexibility index (Phi) is 23.7. The molecule has 4 heterocycles. The highest BCUT2D eigenvalue weighted by Crippen LogP contribution is 2.44. The average Bonchev–Trinajstić information content (AvgIpc) is 3.60. The van der Waals surface area contributed by atoms with E-state index in [1.807, 2.05) is 0 Å². The third kappa shape index (κ3) is 16.8. The number of ether oxygens (including phenoxy) is 12. The van der Waals surface area contributed by atoms with Crippen LogP contribution in [0.3, 0.4) is 0 Å². The number of methoxy groups -OCH3 is 2. The van der Waals surface area contributed by atoms with Crippen molar-refractivity contribution in [2.24, 2.45) is 23.7 Å². The molecule has 0 spiro atoms. The number of esters is 3. The molecule has 8 fully saturated rings. The van der Waals surface area contributed by atoms with Crippen LogP contribution in [0.2, 0.25) is 0 Å². The van der Waals surface area contributed by atoms with Gasteiger partial charge in [-0.05, 0) is 82.5 Å². The Hall–Kier alpha value is -3.44. The van der Waals surface area contributed by atoms with Crippen molar-refractivity contribution in [1.82, 2.24) is 0 Å². The monoisotopic (exact) mass is 1190 g/mol. The zero-order valence-electron chi connectivity index (χ0n) is 46.4. The molecule has 28 heteroatoms. The maximum atomic E-state index is 13.6. The minimum absolute atomic E-state index is 0.0123. The minimum Gasteiger partial charge on any atom is -0.481 e. The largest absolute Gasteiger partial charge is 0.481 e. The van der Waals surface area contributed by atoms with Gasteiger partial charge >= 0.3 is 23.9 Å². The molecule has 22 atom stereocenters. The van der Waals surface area contributed by atoms with Crippen LogP contribution in [0, 0.1) is 23.7 Å². The summed E-state index contributed by atoms with van der Waals surface area (Å²) >= 11 is 0. The molecular weight excluding hydrogens is 1110 g/mol. The van der Waals surface area contributed by atoms with Crippen LogP contribution in [-0.2, 0) is 71.3 Å². The molecule has 4 aliphatic carbocycles. The van der Waals surface area contributed by atoms with Gasteiger partial charge in [0.2, 0.25) is 0 Å². The van der Waals surface area contributed by atoms with Crippen LogP contribution in [0.4, 0.5) is 0 Å². The number of allylic oxidation sites excluding steroid dienone is 2. The predicted octanol–water partition coefficient (Wildman–Crippen LogP) is -3.60. The molecule has 0 bridgehead atoms. The first-order chi connectivity index (χ1) is 39.6. The highest BCUT2D eigenvalue weighted by Gasteiger charge is 2.58. The van der Waals surface area contributed by atoms with E-state index in [4.69, 9.17) is 61.9 Å². The van der Waals surface area contributed by atoms with E-state index in [2.05, 4.69) is 0 Å². The number of hydrogen-bond acceptors (Lipinski definition) is 26. The van der Waals surface area contributed by atoms with Gasteiger partial charge in [-0.3, -0.25) is 9.59 Å². The first kappa shape index (κ1) is 65.5. The van der Waals surface area contributed by atoms with Crippen molar-refractivity contribution in [3.05, 3.63) is 24.3 Å². The summed E-state index contributed by atoms with van der Waals surface area (Å²) in [5.41, 5.74) is 0. The van der Waals surface area contributed by atoms with Gasteiger partial charge in [0.1, 0.15) is 92.9 Å². The summed E-state index contributed by atoms with van der Waals surface area (Å²) in [7, 11) is 2.88. The van der Waals surface area contributed by atoms with E-state index in [0.29, 0.717) is 64.2 Å². The van der Waals surface area contributed by atoms with Crippen LogP contribution in [0.1, 0.15) is 89.9 Å². The number of carbonyl (C=O) groups excluding carboxylic acids is 3. The number of hydrogen-bond donors (Lipinski definition) is 12. The fourth-order valence-corrected chi connectivity index (χ4v) is 12.9. The smallest absolute Gasteiger partial charge is 0.330 e. The fourth-order valence-electron chi connectivity index (χ4n) is 12.9. The lowest BCUT2D eigenvalue weighted by atomic mass is 9.73. The van der Waals surface area contributed by atoms with E-state index in [0.717, 1.165) is 6.08 Å². The molecule has 0 radical (unpaired) electrons. The van der Waals surface area contributed by atoms with Gasteiger partial charge < -0.3 is 118 Å². The van der Waals surface area contributed by atoms with Gasteiger partial charge in [0.25, 0.3) is 0 Å². The normalized spacial score (nSPS) is 45.3. The van der Waals surface area contributed by atoms with Gasteiger partial charge in [0.05, 0.1) is 49.1 Å². The molecule has 0 aromatic heterocycles. The SMILES string of the molecule is COC1CC(C=CC(=O)OC2C(OC3C(OC4CC5C(OC6OC(COC(=O)CC(=O)O)C(O)C(O)C6O)CC(O)CC5[OH+]C4C4CCC(O)CC4)OC(COC(=O)C=CC4CCC(O)CC4)C(O)C3O)OCC(O)C2O)CC(OC)C1O. The standard InChI is InChI=1S/C55H84O28/c1-72-34-15-25(16-35(73-2)44(34)66)6-14-41(63)82-51-43(65)31(59)21-76-54(51)83-52-48(70)46(68)38(22-74-40(62)13-5-24-3-9-27(56)10-4-24)81-55(52)79-36-19-30-32(77-50(36)26-7-11-28(57)12-8-26)17-29(58)18-33(30)78-53-49(71)47(69)45(67)37(80-53)23-75-42(64)20-39(60)61/h5-6,13-14,24-38,43-59,65-71H,3-4,7-12,15-23H2,1-2H3,(H,60,61)/p+1. The second-order valence-corrected chi connectivity index (χ2v) is 23.4. The summed E-state index contributed by atoms with van der Waals surface area (Å²) in [6, 6.07) is 0. The van der Waals surface area contributed by atoms with Gasteiger partial charge in [-0.2, -0.15) is 0 Å². The van der Waals surface area contributed by atoms with Crippen molar-refractivity contribution in [3.63, 3.8) is 0 Å². The van der Waals surface area contributed by atoms with Crippen molar-refractivity contribution in [2.75, 3.05) is 34.0 Å². The topological polar surface area (TPSA) is 425 Å². The summed E-state index contributed by atoms with van der Waals surface area (Å²) < 4.78 is 70.1. The van der Waals surface area contributed by atoms with Crippen molar-refractivity contribution in [3.8, 4) is 0 Å². The number of carboxylic acid groups (broad SMARTS) is 1. The fraction of sp³-hybridized carbons (Fsp3) is 0.855. The first-order valence-corrected chi connectivity index (χ1v) is 28.8. The quantitative estimate of drug-likeness (QED) is 0.0184. The van der Waals surface area contributed by atoms with E-state index in [1.54, 1.807) is 6.08 Å². The Morgan fingerprint density at radius 1 is 0.530 bits per heavy atom. The molecular formula is C55H85O28+. The second-order valence-electron chi connectivity index (χ2n) is 23.4. The molecule has 8 aliphatic rings.